The molecular weight excluding hydrogens is 236 g/mol. The number of anilines is 2. The van der Waals surface area contributed by atoms with Gasteiger partial charge in [0.25, 0.3) is 0 Å². The Bertz CT molecular complexity index is 336. The van der Waals surface area contributed by atoms with E-state index in [4.69, 9.17) is 31.2 Å². The third-order valence-electron chi connectivity index (χ3n) is 2.27. The second-order valence-corrected chi connectivity index (χ2v) is 3.78. The maximum absolute atomic E-state index is 8.70. The number of rotatable bonds is 8. The van der Waals surface area contributed by atoms with Crippen molar-refractivity contribution in [3.63, 3.8) is 0 Å². The van der Waals surface area contributed by atoms with Crippen LogP contribution in [0.1, 0.15) is 12.8 Å². The van der Waals surface area contributed by atoms with E-state index in [1.807, 2.05) is 0 Å². The van der Waals surface area contributed by atoms with Crippen molar-refractivity contribution in [2.75, 3.05) is 37.9 Å². The van der Waals surface area contributed by atoms with E-state index < -0.39 is 0 Å². The van der Waals surface area contributed by atoms with Gasteiger partial charge in [0.2, 0.25) is 0 Å². The predicted molar refractivity (Wildman–Crippen MR) is 69.7 cm³/mol. The van der Waals surface area contributed by atoms with Crippen LogP contribution in [0.4, 0.5) is 11.4 Å². The van der Waals surface area contributed by atoms with Crippen LogP contribution in [0.5, 0.6) is 11.5 Å². The summed E-state index contributed by atoms with van der Waals surface area (Å²) in [6.07, 6.45) is 1.06. The SMILES string of the molecule is Nc1cc(OCCCO)c(OCCCO)cc1N. The molecule has 0 saturated heterocycles. The van der Waals surface area contributed by atoms with E-state index in [0.29, 0.717) is 48.9 Å². The summed E-state index contributed by atoms with van der Waals surface area (Å²) in [4.78, 5) is 0. The molecule has 6 N–H and O–H groups in total. The Balaban J connectivity index is 2.73. The van der Waals surface area contributed by atoms with Gasteiger partial charge in [0.05, 0.1) is 24.6 Å². The minimum atomic E-state index is 0.0607. The Morgan fingerprint density at radius 2 is 1.22 bits per heavy atom. The Hall–Kier alpha value is -1.66. The fourth-order valence-corrected chi connectivity index (χ4v) is 1.31. The second-order valence-electron chi connectivity index (χ2n) is 3.78. The van der Waals surface area contributed by atoms with Gasteiger partial charge in [-0.15, -0.1) is 0 Å². The zero-order valence-electron chi connectivity index (χ0n) is 10.3. The van der Waals surface area contributed by atoms with E-state index in [1.165, 1.54) is 0 Å². The fraction of sp³-hybridized carbons (Fsp3) is 0.500. The maximum Gasteiger partial charge on any atom is 0.163 e. The summed E-state index contributed by atoms with van der Waals surface area (Å²) in [5.41, 5.74) is 12.2. The highest BCUT2D eigenvalue weighted by atomic mass is 16.5. The number of ether oxygens (including phenoxy) is 2. The number of hydrogen-bond donors (Lipinski definition) is 4. The first kappa shape index (κ1) is 14.4. The fourth-order valence-electron chi connectivity index (χ4n) is 1.31. The summed E-state index contributed by atoms with van der Waals surface area (Å²) in [5, 5.41) is 17.4. The van der Waals surface area contributed by atoms with Crippen molar-refractivity contribution >= 4 is 11.4 Å². The normalized spacial score (nSPS) is 10.3. The highest BCUT2D eigenvalue weighted by Gasteiger charge is 2.09. The van der Waals surface area contributed by atoms with Crippen LogP contribution in [0.3, 0.4) is 0 Å². The molecule has 1 aromatic rings. The minimum Gasteiger partial charge on any atom is -0.490 e. The van der Waals surface area contributed by atoms with Gasteiger partial charge >= 0.3 is 0 Å². The van der Waals surface area contributed by atoms with Crippen LogP contribution in [-0.2, 0) is 0 Å². The highest BCUT2D eigenvalue weighted by molar-refractivity contribution is 5.69. The molecule has 0 aromatic heterocycles. The molecule has 0 radical (unpaired) electrons. The first-order valence-electron chi connectivity index (χ1n) is 5.85. The van der Waals surface area contributed by atoms with E-state index in [0.717, 1.165) is 0 Å². The molecule has 0 heterocycles. The lowest BCUT2D eigenvalue weighted by Crippen LogP contribution is -2.06. The number of aliphatic hydroxyl groups excluding tert-OH is 2. The van der Waals surface area contributed by atoms with Gasteiger partial charge in [-0.3, -0.25) is 0 Å². The molecule has 0 unspecified atom stereocenters. The van der Waals surface area contributed by atoms with Crippen LogP contribution in [0.2, 0.25) is 0 Å². The van der Waals surface area contributed by atoms with Crippen molar-refractivity contribution in [1.82, 2.24) is 0 Å². The largest absolute Gasteiger partial charge is 0.490 e. The van der Waals surface area contributed by atoms with Crippen molar-refractivity contribution in [2.24, 2.45) is 0 Å². The third-order valence-corrected chi connectivity index (χ3v) is 2.27. The summed E-state index contributed by atoms with van der Waals surface area (Å²) >= 11 is 0. The van der Waals surface area contributed by atoms with Crippen LogP contribution in [0.25, 0.3) is 0 Å². The Labute approximate surface area is 106 Å². The molecule has 0 aliphatic carbocycles. The lowest BCUT2D eigenvalue weighted by molar-refractivity contribution is 0.211. The van der Waals surface area contributed by atoms with E-state index in [2.05, 4.69) is 0 Å². The lowest BCUT2D eigenvalue weighted by atomic mass is 10.2. The molecule has 18 heavy (non-hydrogen) atoms. The van der Waals surface area contributed by atoms with E-state index in [9.17, 15) is 0 Å². The van der Waals surface area contributed by atoms with Gasteiger partial charge in [-0.2, -0.15) is 0 Å². The van der Waals surface area contributed by atoms with Crippen LogP contribution in [0.15, 0.2) is 12.1 Å². The first-order chi connectivity index (χ1) is 8.69. The molecule has 0 bridgehead atoms. The van der Waals surface area contributed by atoms with Crippen molar-refractivity contribution in [1.29, 1.82) is 0 Å². The van der Waals surface area contributed by atoms with Gasteiger partial charge in [-0.05, 0) is 0 Å². The van der Waals surface area contributed by atoms with Crippen molar-refractivity contribution in [2.45, 2.75) is 12.8 Å². The number of aliphatic hydroxyl groups is 2. The first-order valence-corrected chi connectivity index (χ1v) is 5.85. The molecule has 0 atom stereocenters. The average molecular weight is 256 g/mol. The van der Waals surface area contributed by atoms with Crippen LogP contribution >= 0.6 is 0 Å². The quantitative estimate of drug-likeness (QED) is 0.395. The minimum absolute atomic E-state index is 0.0607. The molecule has 6 nitrogen and oxygen atoms in total. The summed E-state index contributed by atoms with van der Waals surface area (Å²) in [6.45, 7) is 0.864. The Morgan fingerprint density at radius 3 is 1.56 bits per heavy atom. The second kappa shape index (κ2) is 7.62. The smallest absolute Gasteiger partial charge is 0.163 e. The Morgan fingerprint density at radius 1 is 0.833 bits per heavy atom. The standard InChI is InChI=1S/C12H20N2O4/c13-9-7-11(17-5-1-3-15)12(8-10(9)14)18-6-2-4-16/h7-8,15-16H,1-6,13-14H2. The Kier molecular flexibility index (Phi) is 6.10. The summed E-state index contributed by atoms with van der Waals surface area (Å²) in [6, 6.07) is 3.20. The molecule has 0 aliphatic heterocycles. The van der Waals surface area contributed by atoms with Gasteiger partial charge in [0, 0.05) is 38.2 Å². The van der Waals surface area contributed by atoms with E-state index >= 15 is 0 Å². The lowest BCUT2D eigenvalue weighted by Gasteiger charge is -2.14. The zero-order chi connectivity index (χ0) is 13.4. The third kappa shape index (κ3) is 4.31. The van der Waals surface area contributed by atoms with Gasteiger partial charge in [-0.1, -0.05) is 0 Å². The molecule has 0 aliphatic rings. The predicted octanol–water partition coefficient (Wildman–Crippen LogP) is 0.373. The summed E-state index contributed by atoms with van der Waals surface area (Å²) in [5.74, 6) is 0.987. The zero-order valence-corrected chi connectivity index (χ0v) is 10.3. The molecule has 0 spiro atoms. The van der Waals surface area contributed by atoms with Crippen molar-refractivity contribution in [3.8, 4) is 11.5 Å². The van der Waals surface area contributed by atoms with Crippen LogP contribution in [0, 0.1) is 0 Å². The van der Waals surface area contributed by atoms with Crippen molar-refractivity contribution in [3.05, 3.63) is 12.1 Å². The van der Waals surface area contributed by atoms with Gasteiger partial charge < -0.3 is 31.2 Å². The van der Waals surface area contributed by atoms with Gasteiger partial charge in [0.15, 0.2) is 11.5 Å². The molecular formula is C12H20N2O4. The van der Waals surface area contributed by atoms with Crippen LogP contribution in [-0.4, -0.2) is 36.6 Å². The molecule has 1 rings (SSSR count). The summed E-state index contributed by atoms with van der Waals surface area (Å²) in [7, 11) is 0. The van der Waals surface area contributed by atoms with E-state index in [-0.39, 0.29) is 13.2 Å². The average Bonchev–Trinajstić information content (AvgIpc) is 2.35. The molecule has 0 saturated carbocycles. The number of benzene rings is 1. The summed E-state index contributed by atoms with van der Waals surface area (Å²) < 4.78 is 10.9. The number of nitrogen functional groups attached to an aromatic ring is 2. The monoisotopic (exact) mass is 256 g/mol. The van der Waals surface area contributed by atoms with Gasteiger partial charge in [0.1, 0.15) is 0 Å². The molecule has 6 heteroatoms. The maximum atomic E-state index is 8.70. The van der Waals surface area contributed by atoms with Crippen molar-refractivity contribution < 1.29 is 19.7 Å². The number of nitrogens with two attached hydrogens (primary N) is 2. The molecule has 0 amide bonds. The topological polar surface area (TPSA) is 111 Å². The highest BCUT2D eigenvalue weighted by Crippen LogP contribution is 2.34. The molecule has 102 valence electrons. The molecule has 1 aromatic carbocycles. The molecule has 0 fully saturated rings. The van der Waals surface area contributed by atoms with Gasteiger partial charge in [-0.25, -0.2) is 0 Å². The van der Waals surface area contributed by atoms with E-state index in [1.54, 1.807) is 12.1 Å². The number of hydrogen-bond acceptors (Lipinski definition) is 6. The van der Waals surface area contributed by atoms with Crippen LogP contribution < -0.4 is 20.9 Å².